The maximum atomic E-state index is 13.6. The molecule has 2 rings (SSSR count). The second kappa shape index (κ2) is 13.1. The zero-order chi connectivity index (χ0) is 26.2. The van der Waals surface area contributed by atoms with E-state index in [1.54, 1.807) is 0 Å². The smallest absolute Gasteiger partial charge is 0.244 e. The number of sulfonamides is 1. The van der Waals surface area contributed by atoms with E-state index in [0.717, 1.165) is 16.1 Å². The zero-order valence-electron chi connectivity index (χ0n) is 20.5. The first-order chi connectivity index (χ1) is 16.4. The predicted molar refractivity (Wildman–Crippen MR) is 142 cm³/mol. The molecule has 0 aliphatic carbocycles. The molecule has 2 aromatic rings. The fraction of sp³-hybridized carbons (Fsp3) is 0.440. The molecule has 0 aliphatic rings. The van der Waals surface area contributed by atoms with Crippen molar-refractivity contribution in [2.75, 3.05) is 30.2 Å². The van der Waals surface area contributed by atoms with Crippen LogP contribution in [-0.2, 0) is 26.0 Å². The first-order valence-corrected chi connectivity index (χ1v) is 14.1. The Labute approximate surface area is 218 Å². The maximum Gasteiger partial charge on any atom is 0.244 e. The molecule has 35 heavy (non-hydrogen) atoms. The van der Waals surface area contributed by atoms with Gasteiger partial charge >= 0.3 is 0 Å². The number of hydrogen-bond donors (Lipinski definition) is 1. The topological polar surface area (TPSA) is 86.8 Å². The number of carbonyl (C=O) groups is 2. The molecule has 1 N–H and O–H groups in total. The highest BCUT2D eigenvalue weighted by molar-refractivity contribution is 7.92. The highest BCUT2D eigenvalue weighted by Gasteiger charge is 2.31. The van der Waals surface area contributed by atoms with Gasteiger partial charge in [-0.1, -0.05) is 74.3 Å². The number of benzene rings is 2. The molecule has 192 valence electrons. The molecule has 0 fully saturated rings. The quantitative estimate of drug-likeness (QED) is 0.431. The largest absolute Gasteiger partial charge is 0.354 e. The lowest BCUT2D eigenvalue weighted by molar-refractivity contribution is -0.139. The van der Waals surface area contributed by atoms with Crippen LogP contribution in [0, 0.1) is 5.92 Å². The van der Waals surface area contributed by atoms with Gasteiger partial charge in [-0.25, -0.2) is 8.42 Å². The van der Waals surface area contributed by atoms with Gasteiger partial charge in [0, 0.05) is 23.1 Å². The average Bonchev–Trinajstić information content (AvgIpc) is 2.77. The Morgan fingerprint density at radius 3 is 2.14 bits per heavy atom. The number of rotatable bonds is 12. The van der Waals surface area contributed by atoms with Gasteiger partial charge in [-0.15, -0.1) is 0 Å². The van der Waals surface area contributed by atoms with Gasteiger partial charge in [0.1, 0.15) is 12.6 Å². The molecule has 10 heteroatoms. The lowest BCUT2D eigenvalue weighted by Crippen LogP contribution is -2.53. The molecule has 1 atom stereocenters. The first-order valence-electron chi connectivity index (χ1n) is 11.5. The van der Waals surface area contributed by atoms with E-state index >= 15 is 0 Å². The molecule has 0 aromatic heterocycles. The molecular formula is C25H33Cl2N3O4S. The zero-order valence-corrected chi connectivity index (χ0v) is 22.8. The minimum Gasteiger partial charge on any atom is -0.354 e. The van der Waals surface area contributed by atoms with Crippen molar-refractivity contribution in [1.29, 1.82) is 0 Å². The summed E-state index contributed by atoms with van der Waals surface area (Å²) in [7, 11) is -3.85. The number of nitrogens with zero attached hydrogens (tertiary/aromatic N) is 2. The van der Waals surface area contributed by atoms with Crippen LogP contribution in [0.5, 0.6) is 0 Å². The van der Waals surface area contributed by atoms with Crippen LogP contribution >= 0.6 is 23.2 Å². The van der Waals surface area contributed by atoms with Crippen molar-refractivity contribution in [3.63, 3.8) is 0 Å². The summed E-state index contributed by atoms with van der Waals surface area (Å²) < 4.78 is 26.2. The van der Waals surface area contributed by atoms with Gasteiger partial charge in [0.15, 0.2) is 0 Å². The third-order valence-electron chi connectivity index (χ3n) is 5.37. The average molecular weight is 543 g/mol. The van der Waals surface area contributed by atoms with Crippen molar-refractivity contribution < 1.29 is 18.0 Å². The van der Waals surface area contributed by atoms with E-state index in [-0.39, 0.29) is 34.1 Å². The fourth-order valence-corrected chi connectivity index (χ4v) is 4.96. The SMILES string of the molecule is CC[C@@H](C(=O)NCC(C)C)N(CCc1ccccc1)C(=O)CN(c1cc(Cl)cc(Cl)c1)S(C)(=O)=O. The van der Waals surface area contributed by atoms with Gasteiger partial charge < -0.3 is 10.2 Å². The summed E-state index contributed by atoms with van der Waals surface area (Å²) in [6.45, 7) is 6.04. The molecule has 0 radical (unpaired) electrons. The third-order valence-corrected chi connectivity index (χ3v) is 6.95. The Balaban J connectivity index is 2.37. The highest BCUT2D eigenvalue weighted by Crippen LogP contribution is 2.27. The summed E-state index contributed by atoms with van der Waals surface area (Å²) in [6.07, 6.45) is 1.91. The maximum absolute atomic E-state index is 13.6. The Kier molecular flexibility index (Phi) is 10.9. The summed E-state index contributed by atoms with van der Waals surface area (Å²) in [5, 5.41) is 3.39. The van der Waals surface area contributed by atoms with Crippen LogP contribution in [0.1, 0.15) is 32.8 Å². The molecular weight excluding hydrogens is 509 g/mol. The van der Waals surface area contributed by atoms with Crippen molar-refractivity contribution in [2.45, 2.75) is 39.7 Å². The Morgan fingerprint density at radius 1 is 1.03 bits per heavy atom. The molecule has 0 heterocycles. The van der Waals surface area contributed by atoms with Gasteiger partial charge in [0.05, 0.1) is 11.9 Å². The lowest BCUT2D eigenvalue weighted by atomic mass is 10.1. The molecule has 0 aliphatic heterocycles. The van der Waals surface area contributed by atoms with Gasteiger partial charge in [-0.2, -0.15) is 0 Å². The number of carbonyl (C=O) groups excluding carboxylic acids is 2. The van der Waals surface area contributed by atoms with E-state index < -0.39 is 28.5 Å². The van der Waals surface area contributed by atoms with Crippen LogP contribution in [0.4, 0.5) is 5.69 Å². The van der Waals surface area contributed by atoms with Gasteiger partial charge in [0.25, 0.3) is 0 Å². The predicted octanol–water partition coefficient (Wildman–Crippen LogP) is 4.38. The van der Waals surface area contributed by atoms with E-state index in [0.29, 0.717) is 19.4 Å². The highest BCUT2D eigenvalue weighted by atomic mass is 35.5. The monoisotopic (exact) mass is 541 g/mol. The number of hydrogen-bond acceptors (Lipinski definition) is 4. The Hall–Kier alpha value is -2.29. The summed E-state index contributed by atoms with van der Waals surface area (Å²) in [5.41, 5.74) is 1.18. The van der Waals surface area contributed by atoms with E-state index in [4.69, 9.17) is 23.2 Å². The number of amides is 2. The van der Waals surface area contributed by atoms with Crippen LogP contribution in [-0.4, -0.2) is 57.1 Å². The Morgan fingerprint density at radius 2 is 1.63 bits per heavy atom. The van der Waals surface area contributed by atoms with E-state index in [2.05, 4.69) is 5.32 Å². The van der Waals surface area contributed by atoms with Crippen LogP contribution in [0.15, 0.2) is 48.5 Å². The third kappa shape index (κ3) is 9.02. The molecule has 0 saturated carbocycles. The lowest BCUT2D eigenvalue weighted by Gasteiger charge is -2.33. The van der Waals surface area contributed by atoms with E-state index in [9.17, 15) is 18.0 Å². The normalized spacial score (nSPS) is 12.3. The van der Waals surface area contributed by atoms with Crippen LogP contribution < -0.4 is 9.62 Å². The second-order valence-electron chi connectivity index (χ2n) is 8.78. The first kappa shape index (κ1) is 28.9. The van der Waals surface area contributed by atoms with Gasteiger partial charge in [-0.3, -0.25) is 13.9 Å². The van der Waals surface area contributed by atoms with Gasteiger partial charge in [0.2, 0.25) is 21.8 Å². The van der Waals surface area contributed by atoms with Crippen molar-refractivity contribution >= 4 is 50.7 Å². The minimum atomic E-state index is -3.85. The Bertz CT molecular complexity index is 1090. The summed E-state index contributed by atoms with van der Waals surface area (Å²) >= 11 is 12.2. The summed E-state index contributed by atoms with van der Waals surface area (Å²) in [5.74, 6) is -0.508. The number of nitrogens with one attached hydrogen (secondary N) is 1. The van der Waals surface area contributed by atoms with Crippen molar-refractivity contribution in [1.82, 2.24) is 10.2 Å². The molecule has 2 amide bonds. The van der Waals surface area contributed by atoms with Crippen LogP contribution in [0.2, 0.25) is 10.0 Å². The summed E-state index contributed by atoms with van der Waals surface area (Å²) in [4.78, 5) is 28.1. The molecule has 0 spiro atoms. The second-order valence-corrected chi connectivity index (χ2v) is 11.6. The van der Waals surface area contributed by atoms with Crippen molar-refractivity contribution in [3.8, 4) is 0 Å². The summed E-state index contributed by atoms with van der Waals surface area (Å²) in [6, 6.07) is 13.2. The number of anilines is 1. The molecule has 0 saturated heterocycles. The molecule has 0 unspecified atom stereocenters. The van der Waals surface area contributed by atoms with Crippen LogP contribution in [0.25, 0.3) is 0 Å². The number of halogens is 2. The molecule has 2 aromatic carbocycles. The van der Waals surface area contributed by atoms with Crippen molar-refractivity contribution in [3.05, 3.63) is 64.1 Å². The van der Waals surface area contributed by atoms with Crippen molar-refractivity contribution in [2.24, 2.45) is 5.92 Å². The molecule has 7 nitrogen and oxygen atoms in total. The minimum absolute atomic E-state index is 0.179. The van der Waals surface area contributed by atoms with Gasteiger partial charge in [-0.05, 0) is 42.5 Å². The molecule has 0 bridgehead atoms. The van der Waals surface area contributed by atoms with E-state index in [1.807, 2.05) is 51.1 Å². The van der Waals surface area contributed by atoms with E-state index in [1.165, 1.54) is 23.1 Å². The van der Waals surface area contributed by atoms with Crippen LogP contribution in [0.3, 0.4) is 0 Å². The fourth-order valence-electron chi connectivity index (χ4n) is 3.62. The standard InChI is InChI=1S/C25H33Cl2N3O4S/c1-5-23(25(32)28-16-18(2)3)29(12-11-19-9-7-6-8-10-19)24(31)17-30(35(4,33)34)22-14-20(26)13-21(27)15-22/h6-10,13-15,18,23H,5,11-12,16-17H2,1-4H3,(H,28,32)/t23-/m0/s1.